The molecule has 0 saturated carbocycles. The van der Waals surface area contributed by atoms with E-state index in [4.69, 9.17) is 15.0 Å². The number of benzene rings is 8. The molecule has 1 aliphatic heterocycles. The van der Waals surface area contributed by atoms with Gasteiger partial charge in [0.1, 0.15) is 12.0 Å². The molecule has 0 amide bonds. The molecule has 312 valence electrons. The third-order valence-corrected chi connectivity index (χ3v) is 15.2. The zero-order valence-electron chi connectivity index (χ0n) is 36.4. The van der Waals surface area contributed by atoms with Gasteiger partial charge in [0.2, 0.25) is 0 Å². The summed E-state index contributed by atoms with van der Waals surface area (Å²) < 4.78 is 2.39. The number of hydrogen-bond acceptors (Lipinski definition) is 5. The van der Waals surface area contributed by atoms with E-state index in [-0.39, 0.29) is 6.17 Å². The van der Waals surface area contributed by atoms with Gasteiger partial charge in [0.25, 0.3) is 0 Å². The van der Waals surface area contributed by atoms with E-state index < -0.39 is 10.8 Å². The molecule has 0 fully saturated rings. The Morgan fingerprint density at radius 2 is 1.00 bits per heavy atom. The van der Waals surface area contributed by atoms with Gasteiger partial charge in [0.15, 0.2) is 0 Å². The van der Waals surface area contributed by atoms with Gasteiger partial charge in [-0.2, -0.15) is 0 Å². The lowest BCUT2D eigenvalue weighted by molar-refractivity contribution is 0.375. The number of imidazole rings is 1. The van der Waals surface area contributed by atoms with Crippen LogP contribution >= 0.6 is 0 Å². The Balaban J connectivity index is 1.10. The first-order valence-corrected chi connectivity index (χ1v) is 22.8. The van der Waals surface area contributed by atoms with E-state index in [0.717, 1.165) is 61.9 Å². The van der Waals surface area contributed by atoms with Crippen LogP contribution in [0, 0.1) is 0 Å². The van der Waals surface area contributed by atoms with Gasteiger partial charge < -0.3 is 10.2 Å². The predicted molar refractivity (Wildman–Crippen MR) is 269 cm³/mol. The van der Waals surface area contributed by atoms with E-state index >= 15 is 0 Å². The molecule has 1 N–H and O–H groups in total. The maximum absolute atomic E-state index is 5.34. The normalized spacial score (nSPS) is 18.8. The molecule has 8 aromatic carbocycles. The first-order valence-electron chi connectivity index (χ1n) is 22.8. The summed E-state index contributed by atoms with van der Waals surface area (Å²) in [7, 11) is 0. The fraction of sp³-hybridized carbons (Fsp3) is 0.0833. The quantitative estimate of drug-likeness (QED) is 0.187. The molecule has 3 aromatic heterocycles. The summed E-state index contributed by atoms with van der Waals surface area (Å²) in [6.07, 6.45) is 3.80. The van der Waals surface area contributed by atoms with Gasteiger partial charge in [-0.3, -0.25) is 14.5 Å². The zero-order valence-corrected chi connectivity index (χ0v) is 36.4. The topological polar surface area (TPSA) is 58.9 Å². The molecule has 0 spiro atoms. The molecule has 14 rings (SSSR count). The average Bonchev–Trinajstić information content (AvgIpc) is 4.11. The number of nitrogens with one attached hydrogen (secondary N) is 1. The van der Waals surface area contributed by atoms with Crippen molar-refractivity contribution in [3.8, 4) is 39.6 Å². The lowest BCUT2D eigenvalue weighted by Gasteiger charge is -2.45. The van der Waals surface area contributed by atoms with E-state index in [1.165, 1.54) is 55.1 Å². The highest BCUT2D eigenvalue weighted by Gasteiger charge is 2.59. The van der Waals surface area contributed by atoms with Gasteiger partial charge in [0.05, 0.1) is 45.2 Å². The van der Waals surface area contributed by atoms with E-state index in [2.05, 4.69) is 223 Å². The summed E-state index contributed by atoms with van der Waals surface area (Å²) >= 11 is 0. The Hall–Kier alpha value is -8.35. The van der Waals surface area contributed by atoms with Crippen molar-refractivity contribution >= 4 is 49.6 Å². The van der Waals surface area contributed by atoms with Crippen molar-refractivity contribution in [3.63, 3.8) is 0 Å². The van der Waals surface area contributed by atoms with Crippen LogP contribution in [0.4, 0.5) is 17.1 Å². The van der Waals surface area contributed by atoms with E-state index in [1.54, 1.807) is 0 Å². The third-order valence-electron chi connectivity index (χ3n) is 15.2. The summed E-state index contributed by atoms with van der Waals surface area (Å²) in [6, 6.07) is 70.3. The minimum absolute atomic E-state index is 0.122. The van der Waals surface area contributed by atoms with Gasteiger partial charge in [0, 0.05) is 50.7 Å². The van der Waals surface area contributed by atoms with E-state index in [0.29, 0.717) is 0 Å². The lowest BCUT2D eigenvalue weighted by atomic mass is 9.56. The molecule has 4 heterocycles. The van der Waals surface area contributed by atoms with Gasteiger partial charge in [-0.1, -0.05) is 159 Å². The molecule has 0 saturated heterocycles. The maximum Gasteiger partial charge on any atom is 0.145 e. The highest BCUT2D eigenvalue weighted by Crippen LogP contribution is 2.67. The van der Waals surface area contributed by atoms with Gasteiger partial charge >= 0.3 is 0 Å². The van der Waals surface area contributed by atoms with Crippen molar-refractivity contribution in [1.29, 1.82) is 0 Å². The molecular formula is C60H42N6. The van der Waals surface area contributed by atoms with Crippen LogP contribution in [0.25, 0.3) is 72.2 Å². The van der Waals surface area contributed by atoms with E-state index in [9.17, 15) is 0 Å². The molecule has 3 atom stereocenters. The van der Waals surface area contributed by atoms with Gasteiger partial charge in [-0.25, -0.2) is 4.98 Å². The van der Waals surface area contributed by atoms with Crippen LogP contribution in [0.15, 0.2) is 207 Å². The fourth-order valence-corrected chi connectivity index (χ4v) is 12.1. The highest BCUT2D eigenvalue weighted by molar-refractivity contribution is 6.11. The first-order chi connectivity index (χ1) is 32.5. The number of para-hydroxylation sites is 4. The largest absolute Gasteiger partial charge is 0.359 e. The van der Waals surface area contributed by atoms with E-state index in [1.807, 2.05) is 12.4 Å². The smallest absolute Gasteiger partial charge is 0.145 e. The lowest BCUT2D eigenvalue weighted by Crippen LogP contribution is -2.44. The summed E-state index contributed by atoms with van der Waals surface area (Å²) in [5.74, 6) is 0.910. The first kappa shape index (κ1) is 37.1. The number of fused-ring (bicyclic) bond motifs is 12. The van der Waals surface area contributed by atoms with Crippen molar-refractivity contribution in [1.82, 2.24) is 19.5 Å². The minimum Gasteiger partial charge on any atom is -0.359 e. The molecule has 6 heteroatoms. The Labute approximate surface area is 382 Å². The van der Waals surface area contributed by atoms with Crippen molar-refractivity contribution < 1.29 is 0 Å². The molecule has 66 heavy (non-hydrogen) atoms. The van der Waals surface area contributed by atoms with Crippen LogP contribution in [0.2, 0.25) is 0 Å². The second-order valence-electron chi connectivity index (χ2n) is 18.2. The van der Waals surface area contributed by atoms with Crippen LogP contribution in [-0.2, 0) is 10.8 Å². The predicted octanol–water partition coefficient (Wildman–Crippen LogP) is 14.3. The van der Waals surface area contributed by atoms with Crippen LogP contribution in [0.3, 0.4) is 0 Å². The number of anilines is 3. The highest BCUT2D eigenvalue weighted by atomic mass is 15.3. The molecular weight excluding hydrogens is 805 g/mol. The minimum atomic E-state index is -0.642. The van der Waals surface area contributed by atoms with Crippen LogP contribution in [-0.4, -0.2) is 19.5 Å². The van der Waals surface area contributed by atoms with Crippen molar-refractivity contribution in [2.24, 2.45) is 0 Å². The molecule has 3 unspecified atom stereocenters. The van der Waals surface area contributed by atoms with Crippen molar-refractivity contribution in [2.45, 2.75) is 30.8 Å². The monoisotopic (exact) mass is 846 g/mol. The third kappa shape index (κ3) is 4.77. The number of pyridine rings is 2. The summed E-state index contributed by atoms with van der Waals surface area (Å²) in [5.41, 5.74) is 16.8. The SMILES string of the molecule is CC1(C2(C)c3cccnc3-c3c2cc(-n2c(-c4ccccc4)nc4ccccc42)c2ccccc32)c2cccnc2-c2c1cc(N1c3ccccc3NC1c1ccccc1)c1ccccc21. The van der Waals surface area contributed by atoms with Gasteiger partial charge in [-0.05, 0) is 87.1 Å². The summed E-state index contributed by atoms with van der Waals surface area (Å²) in [5, 5.41) is 8.62. The molecule has 3 aliphatic rings. The number of aromatic nitrogens is 4. The van der Waals surface area contributed by atoms with Crippen LogP contribution in [0.1, 0.15) is 47.8 Å². The van der Waals surface area contributed by atoms with Crippen LogP contribution in [0.5, 0.6) is 0 Å². The molecule has 6 nitrogen and oxygen atoms in total. The molecule has 0 bridgehead atoms. The second-order valence-corrected chi connectivity index (χ2v) is 18.2. The number of hydrogen-bond donors (Lipinski definition) is 1. The zero-order chi connectivity index (χ0) is 43.7. The number of rotatable bonds is 5. The average molecular weight is 847 g/mol. The molecule has 2 aliphatic carbocycles. The maximum atomic E-state index is 5.34. The second kappa shape index (κ2) is 13.6. The fourth-order valence-electron chi connectivity index (χ4n) is 12.1. The Morgan fingerprint density at radius 3 is 1.67 bits per heavy atom. The Morgan fingerprint density at radius 1 is 0.470 bits per heavy atom. The Kier molecular flexibility index (Phi) is 7.63. The van der Waals surface area contributed by atoms with Gasteiger partial charge in [-0.15, -0.1) is 0 Å². The standard InChI is InChI=1S/C60H42N6/c1-59(43-27-17-33-61-55(43)53-41-25-11-9-23-39(41)51(35-45(53)59)65-49-31-15-13-29-47(49)63-57(65)37-19-5-3-6-20-37)60(2)44-28-18-34-62-56(44)54-42-26-12-10-24-40(42)52(36-46(54)60)66-50-32-16-14-30-48(50)64-58(66)38-21-7-4-8-22-38/h3-36,57,63H,1-2H3. The summed E-state index contributed by atoms with van der Waals surface area (Å²) in [4.78, 5) is 18.5. The van der Waals surface area contributed by atoms with Crippen molar-refractivity contribution in [2.75, 3.05) is 10.2 Å². The Bertz CT molecular complexity index is 3800. The molecule has 11 aromatic rings. The van der Waals surface area contributed by atoms with Crippen molar-refractivity contribution in [3.05, 3.63) is 234 Å². The molecule has 0 radical (unpaired) electrons. The van der Waals surface area contributed by atoms with Crippen LogP contribution < -0.4 is 10.2 Å². The number of nitrogens with zero attached hydrogens (tertiary/aromatic N) is 5. The summed E-state index contributed by atoms with van der Waals surface area (Å²) in [6.45, 7) is 4.95.